The molecule has 1 nitrogen and oxygen atoms in total. The Morgan fingerprint density at radius 1 is 0.960 bits per heavy atom. The monoisotopic (exact) mass is 362 g/mol. The molecule has 3 rings (SSSR count). The Morgan fingerprint density at radius 2 is 1.56 bits per heavy atom. The van der Waals surface area contributed by atoms with Crippen molar-refractivity contribution < 1.29 is 4.43 Å². The molecule has 3 aliphatic rings. The van der Waals surface area contributed by atoms with E-state index >= 15 is 0 Å². The van der Waals surface area contributed by atoms with Gasteiger partial charge in [-0.15, -0.1) is 0 Å². The smallest absolute Gasteiger partial charge is 0.200 e. The van der Waals surface area contributed by atoms with E-state index in [0.717, 1.165) is 12.5 Å². The summed E-state index contributed by atoms with van der Waals surface area (Å²) >= 11 is 0. The van der Waals surface area contributed by atoms with E-state index in [1.165, 1.54) is 32.1 Å². The fraction of sp³-hybridized carbons (Fsp3) is 0.913. The zero-order chi connectivity index (χ0) is 18.7. The topological polar surface area (TPSA) is 9.23 Å². The molecular formula is C23H42OSi. The average molecular weight is 363 g/mol. The van der Waals surface area contributed by atoms with Gasteiger partial charge in [-0.05, 0) is 59.1 Å². The van der Waals surface area contributed by atoms with Gasteiger partial charge in [-0.3, -0.25) is 0 Å². The summed E-state index contributed by atoms with van der Waals surface area (Å²) in [6.45, 7) is 20.6. The Bertz CT molecular complexity index is 514. The quantitative estimate of drug-likeness (QED) is 0.355. The van der Waals surface area contributed by atoms with E-state index in [9.17, 15) is 0 Å². The summed E-state index contributed by atoms with van der Waals surface area (Å²) in [6, 6.07) is 0. The van der Waals surface area contributed by atoms with Gasteiger partial charge in [0.2, 0.25) is 0 Å². The van der Waals surface area contributed by atoms with Crippen LogP contribution in [0.5, 0.6) is 0 Å². The Hall–Kier alpha value is -0.0831. The van der Waals surface area contributed by atoms with E-state index in [2.05, 4.69) is 67.5 Å². The predicted molar refractivity (Wildman–Crippen MR) is 111 cm³/mol. The number of allylic oxidation sites excluding steroid dienone is 2. The van der Waals surface area contributed by atoms with Crippen LogP contribution in [0.2, 0.25) is 16.6 Å². The van der Waals surface area contributed by atoms with Crippen molar-refractivity contribution in [3.63, 3.8) is 0 Å². The maximum atomic E-state index is 7.16. The standard InChI is InChI=1S/C23H42OSi/c1-17(2)25(18(3)4,19(5)6)24-16-21(7)12-9-13-22(8)20-10-14-23(21,22)15-11-20/h10,14,17-20H,9,11-13,15-16H2,1-8H3/t20-,21-,22+,23-/m0/s1. The van der Waals surface area contributed by atoms with Gasteiger partial charge < -0.3 is 4.43 Å². The summed E-state index contributed by atoms with van der Waals surface area (Å²) in [7, 11) is -1.78. The summed E-state index contributed by atoms with van der Waals surface area (Å²) in [4.78, 5) is 0. The number of hydrogen-bond donors (Lipinski definition) is 0. The molecule has 0 radical (unpaired) electrons. The largest absolute Gasteiger partial charge is 0.415 e. The second-order valence-corrected chi connectivity index (χ2v) is 16.4. The molecule has 0 heterocycles. The molecule has 2 fully saturated rings. The van der Waals surface area contributed by atoms with E-state index in [0.29, 0.717) is 32.9 Å². The molecule has 0 aromatic carbocycles. The molecular weight excluding hydrogens is 320 g/mol. The van der Waals surface area contributed by atoms with Crippen molar-refractivity contribution in [3.05, 3.63) is 12.2 Å². The summed E-state index contributed by atoms with van der Waals surface area (Å²) < 4.78 is 7.16. The van der Waals surface area contributed by atoms with Gasteiger partial charge in [0.15, 0.2) is 8.32 Å². The molecule has 2 heteroatoms. The first-order valence-electron chi connectivity index (χ1n) is 10.9. The van der Waals surface area contributed by atoms with Gasteiger partial charge in [0, 0.05) is 12.0 Å². The van der Waals surface area contributed by atoms with E-state index < -0.39 is 8.32 Å². The SMILES string of the molecule is CC(C)[Si](OC[C@]1(C)CCC[C@]2(C)[C@H]3C=C[C@]12CC3)(C(C)C)C(C)C. The minimum atomic E-state index is -1.78. The molecule has 25 heavy (non-hydrogen) atoms. The Morgan fingerprint density at radius 3 is 2.04 bits per heavy atom. The Labute approximate surface area is 158 Å². The molecule has 0 aliphatic heterocycles. The van der Waals surface area contributed by atoms with Crippen LogP contribution in [0.25, 0.3) is 0 Å². The van der Waals surface area contributed by atoms with Crippen molar-refractivity contribution in [2.24, 2.45) is 22.2 Å². The second-order valence-electron chi connectivity index (χ2n) is 10.9. The van der Waals surface area contributed by atoms with Gasteiger partial charge in [0.05, 0.1) is 0 Å². The van der Waals surface area contributed by atoms with E-state index in [4.69, 9.17) is 4.43 Å². The van der Waals surface area contributed by atoms with Crippen LogP contribution < -0.4 is 0 Å². The minimum Gasteiger partial charge on any atom is -0.415 e. The van der Waals surface area contributed by atoms with Crippen molar-refractivity contribution in [1.29, 1.82) is 0 Å². The number of rotatable bonds is 6. The van der Waals surface area contributed by atoms with E-state index in [1.54, 1.807) is 0 Å². The van der Waals surface area contributed by atoms with Gasteiger partial charge in [0.1, 0.15) is 0 Å². The van der Waals surface area contributed by atoms with Crippen molar-refractivity contribution in [3.8, 4) is 0 Å². The van der Waals surface area contributed by atoms with Crippen molar-refractivity contribution in [2.75, 3.05) is 6.61 Å². The molecule has 0 spiro atoms. The van der Waals surface area contributed by atoms with Gasteiger partial charge in [-0.25, -0.2) is 0 Å². The Balaban J connectivity index is 1.90. The average Bonchev–Trinajstić information content (AvgIpc) is 2.97. The third-order valence-corrected chi connectivity index (χ3v) is 15.2. The minimum absolute atomic E-state index is 0.318. The highest BCUT2D eigenvalue weighted by atomic mass is 28.4. The van der Waals surface area contributed by atoms with Crippen molar-refractivity contribution >= 4 is 8.32 Å². The first kappa shape index (κ1) is 19.7. The van der Waals surface area contributed by atoms with Crippen LogP contribution in [0.4, 0.5) is 0 Å². The van der Waals surface area contributed by atoms with E-state index in [1.807, 2.05) is 0 Å². The maximum absolute atomic E-state index is 7.16. The molecule has 0 unspecified atom stereocenters. The summed E-state index contributed by atoms with van der Waals surface area (Å²) in [5.41, 5.74) is 3.25. The zero-order valence-electron chi connectivity index (χ0n) is 18.1. The van der Waals surface area contributed by atoms with Gasteiger partial charge in [0.25, 0.3) is 0 Å². The fourth-order valence-corrected chi connectivity index (χ4v) is 13.4. The van der Waals surface area contributed by atoms with Crippen LogP contribution >= 0.6 is 0 Å². The lowest BCUT2D eigenvalue weighted by Crippen LogP contribution is -2.55. The zero-order valence-corrected chi connectivity index (χ0v) is 19.1. The lowest BCUT2D eigenvalue weighted by atomic mass is 9.48. The third kappa shape index (κ3) is 2.42. The molecule has 0 N–H and O–H groups in total. The highest BCUT2D eigenvalue weighted by Gasteiger charge is 2.67. The van der Waals surface area contributed by atoms with Crippen molar-refractivity contribution in [2.45, 2.75) is 104 Å². The van der Waals surface area contributed by atoms with Crippen LogP contribution in [-0.2, 0) is 4.43 Å². The molecule has 0 aromatic rings. The first-order chi connectivity index (χ1) is 11.6. The summed E-state index contributed by atoms with van der Waals surface area (Å²) in [6.07, 6.45) is 12.2. The highest BCUT2D eigenvalue weighted by Crippen LogP contribution is 2.74. The lowest BCUT2D eigenvalue weighted by Gasteiger charge is -2.58. The van der Waals surface area contributed by atoms with Gasteiger partial charge >= 0.3 is 0 Å². The van der Waals surface area contributed by atoms with Crippen molar-refractivity contribution in [1.82, 2.24) is 0 Å². The summed E-state index contributed by atoms with van der Waals surface area (Å²) in [5.74, 6) is 0.828. The molecule has 0 saturated heterocycles. The maximum Gasteiger partial charge on any atom is 0.200 e. The lowest BCUT2D eigenvalue weighted by molar-refractivity contribution is -0.0793. The molecule has 0 amide bonds. The van der Waals surface area contributed by atoms with Gasteiger partial charge in [-0.2, -0.15) is 0 Å². The summed E-state index contributed by atoms with van der Waals surface area (Å²) in [5, 5.41) is 0. The predicted octanol–water partition coefficient (Wildman–Crippen LogP) is 7.34. The molecule has 144 valence electrons. The van der Waals surface area contributed by atoms with Crippen LogP contribution in [0.3, 0.4) is 0 Å². The van der Waals surface area contributed by atoms with Crippen LogP contribution in [0.15, 0.2) is 12.2 Å². The van der Waals surface area contributed by atoms with Gasteiger partial charge in [-0.1, -0.05) is 74.0 Å². The van der Waals surface area contributed by atoms with E-state index in [-0.39, 0.29) is 0 Å². The molecule has 2 bridgehead atoms. The van der Waals surface area contributed by atoms with Crippen LogP contribution in [0.1, 0.15) is 87.5 Å². The molecule has 2 saturated carbocycles. The molecule has 4 atom stereocenters. The Kier molecular flexibility index (Phi) is 4.90. The normalized spacial score (nSPS) is 40.5. The second kappa shape index (κ2) is 6.23. The molecule has 0 aromatic heterocycles. The molecule has 3 aliphatic carbocycles. The van der Waals surface area contributed by atoms with Crippen LogP contribution in [-0.4, -0.2) is 14.9 Å². The van der Waals surface area contributed by atoms with Crippen LogP contribution in [0, 0.1) is 22.2 Å². The highest BCUT2D eigenvalue weighted by molar-refractivity contribution is 6.77. The number of hydrogen-bond acceptors (Lipinski definition) is 1. The first-order valence-corrected chi connectivity index (χ1v) is 13.0. The fourth-order valence-electron chi connectivity index (χ4n) is 7.84. The third-order valence-electron chi connectivity index (χ3n) is 9.15.